The monoisotopic (exact) mass is 221 g/mol. The Balaban J connectivity index is 3.39. The van der Waals surface area contributed by atoms with Gasteiger partial charge >= 0.3 is 0 Å². The zero-order valence-corrected chi connectivity index (χ0v) is 7.65. The van der Waals surface area contributed by atoms with E-state index in [4.69, 9.17) is 11.6 Å². The van der Waals surface area contributed by atoms with Crippen LogP contribution in [-0.2, 0) is 5.88 Å². The molecule has 6 heteroatoms. The summed E-state index contributed by atoms with van der Waals surface area (Å²) >= 11 is 5.35. The normalized spacial score (nSPS) is 10.6. The molecule has 1 aromatic heterocycles. The maximum atomic E-state index is 12.4. The summed E-state index contributed by atoms with van der Waals surface area (Å²) in [6.07, 6.45) is -2.54. The van der Waals surface area contributed by atoms with Crippen LogP contribution in [0.1, 0.15) is 28.0 Å². The summed E-state index contributed by atoms with van der Waals surface area (Å²) in [6, 6.07) is 0.855. The molecule has 0 aliphatic rings. The Bertz CT molecular complexity index is 403. The molecule has 0 saturated carbocycles. The summed E-state index contributed by atoms with van der Waals surface area (Å²) < 4.78 is 24.7. The van der Waals surface area contributed by atoms with Crippen LogP contribution >= 0.6 is 11.6 Å². The Morgan fingerprint density at radius 3 is 2.64 bits per heavy atom. The number of H-pyrrole nitrogens is 1. The topological polar surface area (TPSA) is 49.9 Å². The van der Waals surface area contributed by atoms with Crippen molar-refractivity contribution in [1.82, 2.24) is 4.98 Å². The largest absolute Gasteiger partial charge is 0.324 e. The minimum absolute atomic E-state index is 0.0581. The molecule has 0 saturated heterocycles. The fourth-order valence-electron chi connectivity index (χ4n) is 0.994. The quantitative estimate of drug-likeness (QED) is 0.626. The number of nitrogens with one attached hydrogen (secondary N) is 1. The van der Waals surface area contributed by atoms with Crippen LogP contribution in [0.2, 0.25) is 0 Å². The molecule has 0 bridgehead atoms. The number of carbonyl (C=O) groups excluding carboxylic acids is 1. The Morgan fingerprint density at radius 1 is 1.57 bits per heavy atom. The lowest BCUT2D eigenvalue weighted by Crippen LogP contribution is -2.16. The maximum Gasteiger partial charge on any atom is 0.265 e. The molecule has 3 nitrogen and oxygen atoms in total. The minimum atomic E-state index is -2.76. The van der Waals surface area contributed by atoms with Gasteiger partial charge in [-0.05, 0) is 6.07 Å². The summed E-state index contributed by atoms with van der Waals surface area (Å²) in [5.74, 6) is -0.228. The van der Waals surface area contributed by atoms with Crippen molar-refractivity contribution < 1.29 is 13.6 Å². The highest BCUT2D eigenvalue weighted by Crippen LogP contribution is 2.22. The number of aromatic nitrogens is 1. The summed E-state index contributed by atoms with van der Waals surface area (Å²) in [7, 11) is 0. The Labute approximate surface area is 82.7 Å². The van der Waals surface area contributed by atoms with Gasteiger partial charge in [-0.25, -0.2) is 8.78 Å². The lowest BCUT2D eigenvalue weighted by Gasteiger charge is -2.05. The second-order valence-corrected chi connectivity index (χ2v) is 2.81. The molecule has 0 aromatic carbocycles. The molecule has 0 unspecified atom stereocenters. The van der Waals surface area contributed by atoms with Gasteiger partial charge in [-0.1, -0.05) is 0 Å². The first-order chi connectivity index (χ1) is 6.60. The van der Waals surface area contributed by atoms with Crippen molar-refractivity contribution in [2.75, 3.05) is 0 Å². The first kappa shape index (κ1) is 10.8. The highest BCUT2D eigenvalue weighted by atomic mass is 35.5. The zero-order valence-electron chi connectivity index (χ0n) is 6.89. The molecule has 76 valence electrons. The molecule has 1 N–H and O–H groups in total. The Kier molecular flexibility index (Phi) is 3.35. The number of hydrogen-bond acceptors (Lipinski definition) is 2. The second kappa shape index (κ2) is 4.32. The fourth-order valence-corrected chi connectivity index (χ4v) is 1.22. The van der Waals surface area contributed by atoms with Crippen molar-refractivity contribution in [3.05, 3.63) is 33.2 Å². The molecule has 0 fully saturated rings. The van der Waals surface area contributed by atoms with Crippen molar-refractivity contribution in [1.29, 1.82) is 0 Å². The van der Waals surface area contributed by atoms with Crippen LogP contribution in [0.5, 0.6) is 0 Å². The van der Waals surface area contributed by atoms with Crippen LogP contribution in [0.3, 0.4) is 0 Å². The van der Waals surface area contributed by atoms with E-state index in [0.29, 0.717) is 0 Å². The van der Waals surface area contributed by atoms with Crippen molar-refractivity contribution in [3.63, 3.8) is 0 Å². The Morgan fingerprint density at radius 2 is 2.21 bits per heavy atom. The van der Waals surface area contributed by atoms with Crippen LogP contribution in [0.15, 0.2) is 10.9 Å². The van der Waals surface area contributed by atoms with E-state index in [9.17, 15) is 18.4 Å². The van der Waals surface area contributed by atoms with Crippen LogP contribution in [0.25, 0.3) is 0 Å². The van der Waals surface area contributed by atoms with E-state index in [-0.39, 0.29) is 23.4 Å². The highest BCUT2D eigenvalue weighted by molar-refractivity contribution is 6.17. The van der Waals surface area contributed by atoms with Gasteiger partial charge in [0.05, 0.1) is 11.4 Å². The van der Waals surface area contributed by atoms with E-state index in [1.807, 2.05) is 0 Å². The molecule has 0 aliphatic heterocycles. The molecule has 1 rings (SSSR count). The van der Waals surface area contributed by atoms with E-state index in [1.54, 1.807) is 0 Å². The van der Waals surface area contributed by atoms with Crippen LogP contribution < -0.4 is 5.56 Å². The van der Waals surface area contributed by atoms with Crippen molar-refractivity contribution >= 4 is 17.9 Å². The average Bonchev–Trinajstić information content (AvgIpc) is 2.16. The summed E-state index contributed by atoms with van der Waals surface area (Å²) in [4.78, 5) is 23.4. The average molecular weight is 222 g/mol. The van der Waals surface area contributed by atoms with E-state index in [1.165, 1.54) is 0 Å². The molecular weight excluding hydrogens is 216 g/mol. The van der Waals surface area contributed by atoms with Gasteiger partial charge in [-0.15, -0.1) is 11.6 Å². The highest BCUT2D eigenvalue weighted by Gasteiger charge is 2.15. The minimum Gasteiger partial charge on any atom is -0.324 e. The van der Waals surface area contributed by atoms with Gasteiger partial charge in [0.25, 0.3) is 12.0 Å². The van der Waals surface area contributed by atoms with Gasteiger partial charge in [0.15, 0.2) is 6.29 Å². The van der Waals surface area contributed by atoms with Crippen LogP contribution in [0, 0.1) is 0 Å². The predicted octanol–water partition coefficient (Wildman–Crippen LogP) is 1.86. The number of carbonyl (C=O) groups is 1. The van der Waals surface area contributed by atoms with Gasteiger partial charge in [0, 0.05) is 11.3 Å². The third kappa shape index (κ3) is 1.98. The third-order valence-corrected chi connectivity index (χ3v) is 1.95. The number of alkyl halides is 3. The van der Waals surface area contributed by atoms with Gasteiger partial charge in [0.1, 0.15) is 0 Å². The molecule has 14 heavy (non-hydrogen) atoms. The number of pyridine rings is 1. The fraction of sp³-hybridized carbons (Fsp3) is 0.250. The standard InChI is InChI=1S/C8H6ClF2NO2/c9-2-6-5(7(10)11)1-4(3-13)8(14)12-6/h1,3,7H,2H2,(H,12,14). The van der Waals surface area contributed by atoms with Gasteiger partial charge in [0.2, 0.25) is 0 Å². The molecule has 0 radical (unpaired) electrons. The van der Waals surface area contributed by atoms with E-state index < -0.39 is 17.5 Å². The second-order valence-electron chi connectivity index (χ2n) is 2.54. The van der Waals surface area contributed by atoms with E-state index in [2.05, 4.69) is 4.98 Å². The lowest BCUT2D eigenvalue weighted by molar-refractivity contribution is 0.112. The first-order valence-corrected chi connectivity index (χ1v) is 4.19. The molecule has 0 aliphatic carbocycles. The number of aldehydes is 1. The number of rotatable bonds is 3. The van der Waals surface area contributed by atoms with E-state index >= 15 is 0 Å². The third-order valence-electron chi connectivity index (χ3n) is 1.68. The molecular formula is C8H6ClF2NO2. The van der Waals surface area contributed by atoms with Gasteiger partial charge in [-0.3, -0.25) is 9.59 Å². The zero-order chi connectivity index (χ0) is 10.7. The van der Waals surface area contributed by atoms with Gasteiger partial charge in [-0.2, -0.15) is 0 Å². The van der Waals surface area contributed by atoms with E-state index in [0.717, 1.165) is 6.07 Å². The number of aromatic amines is 1. The van der Waals surface area contributed by atoms with Crippen molar-refractivity contribution in [2.24, 2.45) is 0 Å². The first-order valence-electron chi connectivity index (χ1n) is 3.65. The van der Waals surface area contributed by atoms with Gasteiger partial charge < -0.3 is 4.98 Å². The summed E-state index contributed by atoms with van der Waals surface area (Å²) in [5.41, 5.74) is -1.51. The molecule has 0 atom stereocenters. The predicted molar refractivity (Wildman–Crippen MR) is 47.0 cm³/mol. The molecule has 1 heterocycles. The smallest absolute Gasteiger partial charge is 0.265 e. The summed E-state index contributed by atoms with van der Waals surface area (Å²) in [5, 5.41) is 0. The van der Waals surface area contributed by atoms with Crippen LogP contribution in [0.4, 0.5) is 8.78 Å². The number of hydrogen-bond donors (Lipinski definition) is 1. The molecule has 0 amide bonds. The SMILES string of the molecule is O=Cc1cc(C(F)F)c(CCl)[nH]c1=O. The molecule has 0 spiro atoms. The Hall–Kier alpha value is -1.23. The lowest BCUT2D eigenvalue weighted by atomic mass is 10.1. The van der Waals surface area contributed by atoms with Crippen molar-refractivity contribution in [2.45, 2.75) is 12.3 Å². The number of halogens is 3. The van der Waals surface area contributed by atoms with Crippen LogP contribution in [-0.4, -0.2) is 11.3 Å². The van der Waals surface area contributed by atoms with Crippen molar-refractivity contribution in [3.8, 4) is 0 Å². The molecule has 1 aromatic rings. The summed E-state index contributed by atoms with van der Waals surface area (Å²) in [6.45, 7) is 0. The maximum absolute atomic E-state index is 12.4.